The third-order valence-electron chi connectivity index (χ3n) is 6.73. The summed E-state index contributed by atoms with van der Waals surface area (Å²) in [6.07, 6.45) is 2.26. The van der Waals surface area contributed by atoms with Crippen molar-refractivity contribution in [2.75, 3.05) is 38.4 Å². The van der Waals surface area contributed by atoms with Crippen LogP contribution in [0.15, 0.2) is 48.5 Å². The number of piperidine rings is 1. The Morgan fingerprint density at radius 1 is 1.00 bits per heavy atom. The number of ether oxygens (including phenoxy) is 3. The molecule has 210 valence electrons. The normalized spacial score (nSPS) is 20.2. The summed E-state index contributed by atoms with van der Waals surface area (Å²) < 4.78 is 16.4. The molecule has 11 heteroatoms. The number of carboxylic acids is 1. The minimum Gasteiger partial charge on any atom is -0.494 e. The summed E-state index contributed by atoms with van der Waals surface area (Å²) in [5.74, 6) is -1.89. The van der Waals surface area contributed by atoms with Gasteiger partial charge in [-0.25, -0.2) is 4.79 Å². The van der Waals surface area contributed by atoms with Crippen LogP contribution in [0.25, 0.3) is 0 Å². The molecule has 2 fully saturated rings. The minimum atomic E-state index is -1.31. The molecule has 2 amide bonds. The third-order valence-corrected chi connectivity index (χ3v) is 7.06. The number of carboxylic acid groups (broad SMARTS) is 1. The highest BCUT2D eigenvalue weighted by atomic mass is 35.5. The molecule has 0 spiro atoms. The quantitative estimate of drug-likeness (QED) is 0.339. The summed E-state index contributed by atoms with van der Waals surface area (Å²) in [4.78, 5) is 40.0. The number of carbonyl (C=O) groups is 3. The number of halogens is 1. The second-order valence-electron chi connectivity index (χ2n) is 9.61. The molecule has 10 nitrogen and oxygen atoms in total. The Bertz CT molecular complexity index is 1120. The number of likely N-dealkylation sites (tertiary alicyclic amines) is 1. The SMILES string of the molecule is O=C(O)[C@H](Cc1ccc(OCCCN2CCCCC2)cc1)NC(=O)[C@@H]1OCO[C@H]1C(=O)Nc1ccccc1Cl. The fourth-order valence-electron chi connectivity index (χ4n) is 4.63. The highest BCUT2D eigenvalue weighted by Crippen LogP contribution is 2.23. The molecule has 0 saturated carbocycles. The second-order valence-corrected chi connectivity index (χ2v) is 10.0. The van der Waals surface area contributed by atoms with Gasteiger partial charge in [-0.2, -0.15) is 0 Å². The molecular formula is C28H34ClN3O7. The third kappa shape index (κ3) is 8.40. The number of carbonyl (C=O) groups excluding carboxylic acids is 2. The van der Waals surface area contributed by atoms with Gasteiger partial charge in [0.05, 0.1) is 17.3 Å². The van der Waals surface area contributed by atoms with Crippen molar-refractivity contribution in [1.29, 1.82) is 0 Å². The van der Waals surface area contributed by atoms with Crippen LogP contribution in [0.1, 0.15) is 31.2 Å². The number of nitrogens with zero attached hydrogens (tertiary/aromatic N) is 1. The molecule has 0 bridgehead atoms. The Labute approximate surface area is 232 Å². The predicted octanol–water partition coefficient (Wildman–Crippen LogP) is 3.09. The molecule has 2 aromatic rings. The lowest BCUT2D eigenvalue weighted by Gasteiger charge is -2.26. The van der Waals surface area contributed by atoms with E-state index in [1.165, 1.54) is 19.3 Å². The number of para-hydroxylation sites is 1. The zero-order valence-corrected chi connectivity index (χ0v) is 22.4. The Balaban J connectivity index is 1.26. The van der Waals surface area contributed by atoms with E-state index >= 15 is 0 Å². The summed E-state index contributed by atoms with van der Waals surface area (Å²) >= 11 is 6.08. The number of benzene rings is 2. The molecule has 2 heterocycles. The first-order chi connectivity index (χ1) is 18.9. The van der Waals surface area contributed by atoms with Gasteiger partial charge in [0.1, 0.15) is 18.6 Å². The van der Waals surface area contributed by atoms with E-state index in [1.54, 1.807) is 48.5 Å². The van der Waals surface area contributed by atoms with E-state index in [9.17, 15) is 19.5 Å². The molecule has 0 unspecified atom stereocenters. The Hall–Kier alpha value is -3.18. The van der Waals surface area contributed by atoms with Crippen LogP contribution in [-0.2, 0) is 30.3 Å². The molecule has 4 rings (SSSR count). The molecular weight excluding hydrogens is 526 g/mol. The van der Waals surface area contributed by atoms with Crippen LogP contribution in [-0.4, -0.2) is 79.1 Å². The van der Waals surface area contributed by atoms with Crippen molar-refractivity contribution in [3.05, 3.63) is 59.1 Å². The van der Waals surface area contributed by atoms with Gasteiger partial charge in [-0.3, -0.25) is 9.59 Å². The highest BCUT2D eigenvalue weighted by Gasteiger charge is 2.41. The van der Waals surface area contributed by atoms with Gasteiger partial charge in [-0.15, -0.1) is 0 Å². The lowest BCUT2D eigenvalue weighted by atomic mass is 10.0. The maximum atomic E-state index is 12.9. The number of hydrogen-bond acceptors (Lipinski definition) is 7. The molecule has 2 aliphatic heterocycles. The molecule has 0 aromatic heterocycles. The highest BCUT2D eigenvalue weighted by molar-refractivity contribution is 6.33. The average molecular weight is 560 g/mol. The summed E-state index contributed by atoms with van der Waals surface area (Å²) in [5, 5.41) is 15.1. The van der Waals surface area contributed by atoms with E-state index in [1.807, 2.05) is 0 Å². The van der Waals surface area contributed by atoms with Crippen molar-refractivity contribution in [3.8, 4) is 5.75 Å². The van der Waals surface area contributed by atoms with Crippen LogP contribution in [0.3, 0.4) is 0 Å². The van der Waals surface area contributed by atoms with Crippen LogP contribution in [0.5, 0.6) is 5.75 Å². The van der Waals surface area contributed by atoms with Gasteiger partial charge >= 0.3 is 5.97 Å². The van der Waals surface area contributed by atoms with E-state index in [0.717, 1.165) is 26.1 Å². The second kappa shape index (κ2) is 14.3. The number of hydrogen-bond donors (Lipinski definition) is 3. The Morgan fingerprint density at radius 2 is 1.69 bits per heavy atom. The number of amides is 2. The summed E-state index contributed by atoms with van der Waals surface area (Å²) in [5.41, 5.74) is 1.07. The number of anilines is 1. The van der Waals surface area contributed by atoms with Crippen molar-refractivity contribution in [2.24, 2.45) is 0 Å². The van der Waals surface area contributed by atoms with Crippen molar-refractivity contribution in [1.82, 2.24) is 10.2 Å². The maximum Gasteiger partial charge on any atom is 0.326 e. The van der Waals surface area contributed by atoms with E-state index in [2.05, 4.69) is 15.5 Å². The van der Waals surface area contributed by atoms with E-state index < -0.39 is 36.0 Å². The van der Waals surface area contributed by atoms with Gasteiger partial charge in [0.15, 0.2) is 12.2 Å². The van der Waals surface area contributed by atoms with Crippen LogP contribution in [0.2, 0.25) is 5.02 Å². The number of nitrogens with one attached hydrogen (secondary N) is 2. The van der Waals surface area contributed by atoms with Crippen molar-refractivity contribution in [2.45, 2.75) is 50.4 Å². The monoisotopic (exact) mass is 559 g/mol. The van der Waals surface area contributed by atoms with E-state index in [4.69, 9.17) is 25.8 Å². The van der Waals surface area contributed by atoms with Crippen LogP contribution >= 0.6 is 11.6 Å². The molecule has 39 heavy (non-hydrogen) atoms. The summed E-state index contributed by atoms with van der Waals surface area (Å²) in [7, 11) is 0. The Morgan fingerprint density at radius 3 is 2.38 bits per heavy atom. The van der Waals surface area contributed by atoms with Crippen molar-refractivity contribution >= 4 is 35.1 Å². The summed E-state index contributed by atoms with van der Waals surface area (Å²) in [6, 6.07) is 12.5. The first kappa shape index (κ1) is 28.8. The summed E-state index contributed by atoms with van der Waals surface area (Å²) in [6.45, 7) is 3.67. The van der Waals surface area contributed by atoms with Gasteiger partial charge < -0.3 is 34.9 Å². The molecule has 0 radical (unpaired) electrons. The van der Waals surface area contributed by atoms with Crippen LogP contribution < -0.4 is 15.4 Å². The standard InChI is InChI=1S/C28H34ClN3O7/c29-21-7-2-3-8-22(21)30-26(33)24-25(39-18-38-24)27(34)31-23(28(35)36)17-19-9-11-20(12-10-19)37-16-6-15-32-13-4-1-5-14-32/h2-3,7-12,23-25H,1,4-6,13-18H2,(H,30,33)(H,31,34)(H,35,36)/t23-,24+,25+/m0/s1. The minimum absolute atomic E-state index is 0.0420. The number of rotatable bonds is 12. The predicted molar refractivity (Wildman–Crippen MR) is 145 cm³/mol. The smallest absolute Gasteiger partial charge is 0.326 e. The first-order valence-electron chi connectivity index (χ1n) is 13.2. The zero-order chi connectivity index (χ0) is 27.6. The van der Waals surface area contributed by atoms with E-state index in [-0.39, 0.29) is 13.2 Å². The average Bonchev–Trinajstić information content (AvgIpc) is 3.44. The fraction of sp³-hybridized carbons (Fsp3) is 0.464. The largest absolute Gasteiger partial charge is 0.494 e. The number of aliphatic carboxylic acids is 1. The molecule has 2 aliphatic rings. The molecule has 2 aromatic carbocycles. The fourth-order valence-corrected chi connectivity index (χ4v) is 4.81. The van der Waals surface area contributed by atoms with Gasteiger partial charge in [0.25, 0.3) is 11.8 Å². The van der Waals surface area contributed by atoms with Crippen molar-refractivity contribution < 1.29 is 33.7 Å². The molecule has 0 aliphatic carbocycles. The topological polar surface area (TPSA) is 126 Å². The maximum absolute atomic E-state index is 12.9. The van der Waals surface area contributed by atoms with Crippen LogP contribution in [0, 0.1) is 0 Å². The van der Waals surface area contributed by atoms with Gasteiger partial charge in [-0.05, 0) is 62.2 Å². The van der Waals surface area contributed by atoms with Gasteiger partial charge in [-0.1, -0.05) is 42.3 Å². The molecule has 3 N–H and O–H groups in total. The lowest BCUT2D eigenvalue weighted by molar-refractivity contribution is -0.144. The first-order valence-corrected chi connectivity index (χ1v) is 13.5. The Kier molecular flexibility index (Phi) is 10.5. The lowest BCUT2D eigenvalue weighted by Crippen LogP contribution is -2.51. The molecule has 2 saturated heterocycles. The van der Waals surface area contributed by atoms with E-state index in [0.29, 0.717) is 28.6 Å². The zero-order valence-electron chi connectivity index (χ0n) is 21.6. The van der Waals surface area contributed by atoms with Gasteiger partial charge in [0, 0.05) is 13.0 Å². The van der Waals surface area contributed by atoms with Gasteiger partial charge in [0.2, 0.25) is 0 Å². The van der Waals surface area contributed by atoms with Crippen LogP contribution in [0.4, 0.5) is 5.69 Å². The van der Waals surface area contributed by atoms with Crippen molar-refractivity contribution in [3.63, 3.8) is 0 Å². The molecule has 3 atom stereocenters.